The first kappa shape index (κ1) is 20.9. The second-order valence-corrected chi connectivity index (χ2v) is 6.38. The molecule has 6 nitrogen and oxygen atoms in total. The highest BCUT2D eigenvalue weighted by Gasteiger charge is 2.39. The molecular weight excluding hydrogens is 398 g/mol. The van der Waals surface area contributed by atoms with Gasteiger partial charge in [-0.1, -0.05) is 15.9 Å². The Hall–Kier alpha value is -1.15. The van der Waals surface area contributed by atoms with Crippen LogP contribution in [0.3, 0.4) is 0 Å². The number of nitrogens with one attached hydrogen (secondary N) is 3. The lowest BCUT2D eigenvalue weighted by atomic mass is 9.91. The number of piperidine rings is 1. The van der Waals surface area contributed by atoms with Crippen LogP contribution in [0.1, 0.15) is 23.2 Å². The van der Waals surface area contributed by atoms with Crippen molar-refractivity contribution in [2.24, 2.45) is 0 Å². The predicted molar refractivity (Wildman–Crippen MR) is 98.6 cm³/mol. The van der Waals surface area contributed by atoms with E-state index in [2.05, 4.69) is 31.9 Å². The Kier molecular flexibility index (Phi) is 8.69. The van der Waals surface area contributed by atoms with E-state index in [1.807, 2.05) is 12.1 Å². The summed E-state index contributed by atoms with van der Waals surface area (Å²) in [7, 11) is 1.57. The fourth-order valence-electron chi connectivity index (χ4n) is 2.57. The number of ether oxygens (including phenoxy) is 1. The van der Waals surface area contributed by atoms with Crippen molar-refractivity contribution in [3.05, 3.63) is 34.3 Å². The number of hydrogen-bond donors (Lipinski definition) is 3. The molecule has 8 heteroatoms. The first-order valence-corrected chi connectivity index (χ1v) is 8.45. The van der Waals surface area contributed by atoms with Gasteiger partial charge in [0.1, 0.15) is 5.60 Å². The molecule has 1 aromatic rings. The third-order valence-corrected chi connectivity index (χ3v) is 4.55. The number of carbonyl (C=O) groups excluding carboxylic acids is 2. The van der Waals surface area contributed by atoms with E-state index in [1.54, 1.807) is 19.2 Å². The summed E-state index contributed by atoms with van der Waals surface area (Å²) in [6, 6.07) is 7.12. The number of halogens is 2. The molecule has 0 spiro atoms. The second-order valence-electron chi connectivity index (χ2n) is 5.47. The lowest BCUT2D eigenvalue weighted by Gasteiger charge is -2.34. The van der Waals surface area contributed by atoms with Crippen LogP contribution in [0, 0.1) is 0 Å². The Balaban J connectivity index is 0.00000288. The van der Waals surface area contributed by atoms with Crippen LogP contribution in [0.4, 0.5) is 0 Å². The zero-order valence-electron chi connectivity index (χ0n) is 13.6. The summed E-state index contributed by atoms with van der Waals surface area (Å²) in [6.45, 7) is 2.28. The van der Waals surface area contributed by atoms with Gasteiger partial charge >= 0.3 is 0 Å². The molecule has 1 aliphatic heterocycles. The van der Waals surface area contributed by atoms with Gasteiger partial charge in [0.15, 0.2) is 0 Å². The van der Waals surface area contributed by atoms with Gasteiger partial charge in [-0.2, -0.15) is 0 Å². The summed E-state index contributed by atoms with van der Waals surface area (Å²) in [5, 5.41) is 8.84. The Morgan fingerprint density at radius 1 is 1.17 bits per heavy atom. The standard InChI is InChI=1S/C16H22BrN3O3.ClH/c1-23-16(6-8-18-9-7-16)15(22)20-11-10-19-14(21)12-2-4-13(17)5-3-12;/h2-5,18H,6-11H2,1H3,(H,19,21)(H,20,22);1H. The largest absolute Gasteiger partial charge is 0.368 e. The quantitative estimate of drug-likeness (QED) is 0.609. The molecule has 0 atom stereocenters. The highest BCUT2D eigenvalue weighted by atomic mass is 79.9. The van der Waals surface area contributed by atoms with Gasteiger partial charge in [0.2, 0.25) is 0 Å². The number of methoxy groups -OCH3 is 1. The third-order valence-electron chi connectivity index (χ3n) is 4.02. The molecule has 1 fully saturated rings. The van der Waals surface area contributed by atoms with E-state index in [0.717, 1.165) is 17.6 Å². The fourth-order valence-corrected chi connectivity index (χ4v) is 2.84. The van der Waals surface area contributed by atoms with Crippen molar-refractivity contribution in [2.75, 3.05) is 33.3 Å². The van der Waals surface area contributed by atoms with Crippen LogP contribution in [-0.2, 0) is 9.53 Å². The Labute approximate surface area is 156 Å². The molecule has 1 saturated heterocycles. The molecule has 134 valence electrons. The van der Waals surface area contributed by atoms with E-state index in [9.17, 15) is 9.59 Å². The van der Waals surface area contributed by atoms with Crippen LogP contribution in [0.15, 0.2) is 28.7 Å². The number of benzene rings is 1. The van der Waals surface area contributed by atoms with Crippen molar-refractivity contribution in [3.63, 3.8) is 0 Å². The topological polar surface area (TPSA) is 79.5 Å². The fraction of sp³-hybridized carbons (Fsp3) is 0.500. The van der Waals surface area contributed by atoms with Crippen molar-refractivity contribution in [1.29, 1.82) is 0 Å². The minimum Gasteiger partial charge on any atom is -0.368 e. The highest BCUT2D eigenvalue weighted by molar-refractivity contribution is 9.10. The first-order chi connectivity index (χ1) is 11.1. The van der Waals surface area contributed by atoms with Gasteiger partial charge < -0.3 is 20.7 Å². The van der Waals surface area contributed by atoms with E-state index < -0.39 is 5.60 Å². The molecule has 24 heavy (non-hydrogen) atoms. The number of rotatable bonds is 6. The average Bonchev–Trinajstić information content (AvgIpc) is 2.59. The third kappa shape index (κ3) is 5.44. The normalized spacial score (nSPS) is 15.9. The number of carbonyl (C=O) groups is 2. The van der Waals surface area contributed by atoms with E-state index in [4.69, 9.17) is 4.74 Å². The lowest BCUT2D eigenvalue weighted by Crippen LogP contribution is -2.54. The van der Waals surface area contributed by atoms with E-state index in [0.29, 0.717) is 31.5 Å². The smallest absolute Gasteiger partial charge is 0.252 e. The van der Waals surface area contributed by atoms with Gasteiger partial charge in [-0.05, 0) is 50.2 Å². The molecular formula is C16H23BrClN3O3. The van der Waals surface area contributed by atoms with Gasteiger partial charge in [0, 0.05) is 30.2 Å². The van der Waals surface area contributed by atoms with Crippen molar-refractivity contribution in [1.82, 2.24) is 16.0 Å². The number of hydrogen-bond acceptors (Lipinski definition) is 4. The van der Waals surface area contributed by atoms with Crippen LogP contribution in [0.5, 0.6) is 0 Å². The Morgan fingerprint density at radius 3 is 2.33 bits per heavy atom. The van der Waals surface area contributed by atoms with Crippen LogP contribution < -0.4 is 16.0 Å². The Bertz CT molecular complexity index is 548. The van der Waals surface area contributed by atoms with E-state index in [-0.39, 0.29) is 24.2 Å². The van der Waals surface area contributed by atoms with Crippen molar-refractivity contribution >= 4 is 40.2 Å². The molecule has 2 amide bonds. The maximum Gasteiger partial charge on any atom is 0.252 e. The summed E-state index contributed by atoms with van der Waals surface area (Å²) in [4.78, 5) is 24.3. The minimum atomic E-state index is -0.749. The van der Waals surface area contributed by atoms with Crippen LogP contribution in [0.25, 0.3) is 0 Å². The number of amides is 2. The molecule has 3 N–H and O–H groups in total. The van der Waals surface area contributed by atoms with Gasteiger partial charge in [0.25, 0.3) is 11.8 Å². The van der Waals surface area contributed by atoms with E-state index >= 15 is 0 Å². The van der Waals surface area contributed by atoms with Crippen LogP contribution >= 0.6 is 28.3 Å². The molecule has 1 aromatic carbocycles. The zero-order chi connectivity index (χ0) is 16.7. The highest BCUT2D eigenvalue weighted by Crippen LogP contribution is 2.22. The maximum absolute atomic E-state index is 12.3. The molecule has 0 unspecified atom stereocenters. The summed E-state index contributed by atoms with van der Waals surface area (Å²) >= 11 is 3.33. The molecule has 0 aliphatic carbocycles. The Morgan fingerprint density at radius 2 is 1.75 bits per heavy atom. The first-order valence-electron chi connectivity index (χ1n) is 7.65. The molecule has 0 radical (unpaired) electrons. The average molecular weight is 421 g/mol. The molecule has 0 bridgehead atoms. The summed E-state index contributed by atoms with van der Waals surface area (Å²) in [6.07, 6.45) is 1.31. The van der Waals surface area contributed by atoms with Gasteiger partial charge in [-0.3, -0.25) is 9.59 Å². The summed E-state index contributed by atoms with van der Waals surface area (Å²) in [5.74, 6) is -0.269. The molecule has 1 aliphatic rings. The summed E-state index contributed by atoms with van der Waals surface area (Å²) in [5.41, 5.74) is -0.160. The maximum atomic E-state index is 12.3. The second kappa shape index (κ2) is 9.98. The van der Waals surface area contributed by atoms with Crippen molar-refractivity contribution in [2.45, 2.75) is 18.4 Å². The summed E-state index contributed by atoms with van der Waals surface area (Å²) < 4.78 is 6.38. The monoisotopic (exact) mass is 419 g/mol. The van der Waals surface area contributed by atoms with Gasteiger partial charge in [-0.15, -0.1) is 12.4 Å². The van der Waals surface area contributed by atoms with E-state index in [1.165, 1.54) is 0 Å². The predicted octanol–water partition coefficient (Wildman–Crippen LogP) is 1.49. The van der Waals surface area contributed by atoms with Crippen LogP contribution in [-0.4, -0.2) is 50.7 Å². The minimum absolute atomic E-state index is 0. The zero-order valence-corrected chi connectivity index (χ0v) is 16.0. The van der Waals surface area contributed by atoms with Crippen molar-refractivity contribution in [3.8, 4) is 0 Å². The van der Waals surface area contributed by atoms with Gasteiger partial charge in [-0.25, -0.2) is 0 Å². The molecule has 0 saturated carbocycles. The molecule has 2 rings (SSSR count). The molecule has 1 heterocycles. The SMILES string of the molecule is COC1(C(=O)NCCNC(=O)c2ccc(Br)cc2)CCNCC1.Cl. The lowest BCUT2D eigenvalue weighted by molar-refractivity contribution is -0.146. The molecule has 0 aromatic heterocycles. The van der Waals surface area contributed by atoms with Gasteiger partial charge in [0.05, 0.1) is 0 Å². The van der Waals surface area contributed by atoms with Crippen LogP contribution in [0.2, 0.25) is 0 Å². The van der Waals surface area contributed by atoms with Crippen molar-refractivity contribution < 1.29 is 14.3 Å².